The minimum atomic E-state index is -0.371. The van der Waals surface area contributed by atoms with Gasteiger partial charge < -0.3 is 5.73 Å². The van der Waals surface area contributed by atoms with Crippen molar-refractivity contribution >= 4 is 16.7 Å². The van der Waals surface area contributed by atoms with E-state index in [1.165, 1.54) is 6.42 Å². The average molecular weight is 268 g/mol. The third-order valence-corrected chi connectivity index (χ3v) is 4.56. The number of para-hydroxylation sites is 1. The number of Topliss-reactive ketones (excluding diaryl/α,β-unsaturated/α-hetero) is 1. The smallest absolute Gasteiger partial charge is 0.172 e. The Bertz CT molecular complexity index is 624. The Hall–Kier alpha value is -1.74. The molecule has 0 atom stereocenters. The molecule has 0 bridgehead atoms. The van der Waals surface area contributed by atoms with Crippen molar-refractivity contribution in [3.05, 3.63) is 42.1 Å². The van der Waals surface area contributed by atoms with Crippen molar-refractivity contribution in [3.8, 4) is 0 Å². The Kier molecular flexibility index (Phi) is 3.53. The van der Waals surface area contributed by atoms with Crippen molar-refractivity contribution in [1.29, 1.82) is 0 Å². The minimum Gasteiger partial charge on any atom is -0.329 e. The molecule has 2 aromatic rings. The van der Waals surface area contributed by atoms with E-state index in [4.69, 9.17) is 5.73 Å². The quantitative estimate of drug-likeness (QED) is 0.869. The fraction of sp³-hybridized carbons (Fsp3) is 0.412. The molecule has 3 nitrogen and oxygen atoms in total. The van der Waals surface area contributed by atoms with Crippen LogP contribution in [0.1, 0.15) is 42.5 Å². The number of carbonyl (C=O) groups is 1. The average Bonchev–Trinajstić information content (AvgIpc) is 2.54. The highest BCUT2D eigenvalue weighted by atomic mass is 16.1. The molecule has 1 saturated carbocycles. The Labute approximate surface area is 119 Å². The van der Waals surface area contributed by atoms with Gasteiger partial charge in [-0.2, -0.15) is 0 Å². The molecule has 1 aliphatic carbocycles. The van der Waals surface area contributed by atoms with Crippen LogP contribution in [0, 0.1) is 5.41 Å². The van der Waals surface area contributed by atoms with E-state index in [9.17, 15) is 4.79 Å². The second-order valence-corrected chi connectivity index (χ2v) is 5.75. The van der Waals surface area contributed by atoms with E-state index in [1.54, 1.807) is 6.20 Å². The summed E-state index contributed by atoms with van der Waals surface area (Å²) >= 11 is 0. The number of hydrogen-bond acceptors (Lipinski definition) is 3. The molecule has 3 rings (SSSR count). The van der Waals surface area contributed by atoms with Crippen LogP contribution < -0.4 is 5.73 Å². The number of rotatable bonds is 3. The zero-order valence-corrected chi connectivity index (χ0v) is 11.6. The first-order valence-electron chi connectivity index (χ1n) is 7.35. The summed E-state index contributed by atoms with van der Waals surface area (Å²) in [5.41, 5.74) is 7.14. The molecule has 20 heavy (non-hydrogen) atoms. The topological polar surface area (TPSA) is 56.0 Å². The van der Waals surface area contributed by atoms with E-state index >= 15 is 0 Å². The van der Waals surface area contributed by atoms with Gasteiger partial charge in [-0.05, 0) is 25.0 Å². The maximum atomic E-state index is 13.0. The molecular formula is C17H20N2O. The summed E-state index contributed by atoms with van der Waals surface area (Å²) < 4.78 is 0. The van der Waals surface area contributed by atoms with Crippen LogP contribution >= 0.6 is 0 Å². The molecule has 0 unspecified atom stereocenters. The molecule has 104 valence electrons. The maximum Gasteiger partial charge on any atom is 0.172 e. The Morgan fingerprint density at radius 1 is 1.15 bits per heavy atom. The van der Waals surface area contributed by atoms with E-state index < -0.39 is 0 Å². The van der Waals surface area contributed by atoms with Gasteiger partial charge in [0.15, 0.2) is 5.78 Å². The summed E-state index contributed by atoms with van der Waals surface area (Å²) in [4.78, 5) is 17.4. The van der Waals surface area contributed by atoms with Crippen molar-refractivity contribution in [3.63, 3.8) is 0 Å². The van der Waals surface area contributed by atoms with Gasteiger partial charge in [-0.15, -0.1) is 0 Å². The van der Waals surface area contributed by atoms with Crippen molar-refractivity contribution in [1.82, 2.24) is 4.98 Å². The predicted molar refractivity (Wildman–Crippen MR) is 80.6 cm³/mol. The first-order valence-corrected chi connectivity index (χ1v) is 7.35. The van der Waals surface area contributed by atoms with E-state index in [1.807, 2.05) is 30.3 Å². The molecule has 1 aromatic heterocycles. The molecule has 2 N–H and O–H groups in total. The van der Waals surface area contributed by atoms with Gasteiger partial charge in [0.25, 0.3) is 0 Å². The minimum absolute atomic E-state index is 0.184. The van der Waals surface area contributed by atoms with Gasteiger partial charge in [-0.1, -0.05) is 37.5 Å². The molecule has 1 aliphatic rings. The van der Waals surface area contributed by atoms with Gasteiger partial charge in [-0.25, -0.2) is 0 Å². The Balaban J connectivity index is 2.08. The molecule has 0 amide bonds. The summed E-state index contributed by atoms with van der Waals surface area (Å²) in [6.45, 7) is 0.440. The van der Waals surface area contributed by atoms with Crippen molar-refractivity contribution in [2.24, 2.45) is 11.1 Å². The maximum absolute atomic E-state index is 13.0. The molecule has 0 spiro atoms. The summed E-state index contributed by atoms with van der Waals surface area (Å²) in [5.74, 6) is 0.184. The van der Waals surface area contributed by atoms with Gasteiger partial charge in [0.05, 0.1) is 5.52 Å². The van der Waals surface area contributed by atoms with Crippen molar-refractivity contribution in [2.45, 2.75) is 32.1 Å². The third-order valence-electron chi connectivity index (χ3n) is 4.56. The number of aromatic nitrogens is 1. The first-order chi connectivity index (χ1) is 9.77. The Morgan fingerprint density at radius 3 is 2.65 bits per heavy atom. The molecule has 0 saturated heterocycles. The third kappa shape index (κ3) is 2.12. The molecule has 3 heteroatoms. The summed E-state index contributed by atoms with van der Waals surface area (Å²) in [6.07, 6.45) is 6.97. The zero-order chi connectivity index (χ0) is 14.0. The van der Waals surface area contributed by atoms with Crippen LogP contribution in [0.5, 0.6) is 0 Å². The van der Waals surface area contributed by atoms with Crippen LogP contribution in [0.2, 0.25) is 0 Å². The van der Waals surface area contributed by atoms with Crippen LogP contribution in [0.15, 0.2) is 36.5 Å². The van der Waals surface area contributed by atoms with E-state index in [0.29, 0.717) is 6.54 Å². The highest BCUT2D eigenvalue weighted by molar-refractivity contribution is 6.09. The van der Waals surface area contributed by atoms with E-state index in [-0.39, 0.29) is 11.2 Å². The number of hydrogen-bond donors (Lipinski definition) is 1. The lowest BCUT2D eigenvalue weighted by Gasteiger charge is -2.34. The lowest BCUT2D eigenvalue weighted by atomic mass is 9.69. The molecular weight excluding hydrogens is 248 g/mol. The van der Waals surface area contributed by atoms with Crippen molar-refractivity contribution in [2.75, 3.05) is 6.54 Å². The molecule has 0 radical (unpaired) electrons. The molecule has 1 heterocycles. The van der Waals surface area contributed by atoms with Gasteiger partial charge in [0.2, 0.25) is 0 Å². The molecule has 1 aromatic carbocycles. The van der Waals surface area contributed by atoms with Crippen LogP contribution in [-0.4, -0.2) is 17.3 Å². The van der Waals surface area contributed by atoms with Crippen LogP contribution in [0.4, 0.5) is 0 Å². The number of benzene rings is 1. The van der Waals surface area contributed by atoms with E-state index in [0.717, 1.165) is 42.1 Å². The first kappa shape index (κ1) is 13.3. The SMILES string of the molecule is NCC1(C(=O)c2cccc3cccnc23)CCCCC1. The number of nitrogens with two attached hydrogens (primary N) is 1. The summed E-state index contributed by atoms with van der Waals surface area (Å²) in [5, 5.41) is 1.02. The Morgan fingerprint density at radius 2 is 1.90 bits per heavy atom. The predicted octanol–water partition coefficient (Wildman–Crippen LogP) is 3.33. The molecule has 1 fully saturated rings. The highest BCUT2D eigenvalue weighted by Gasteiger charge is 2.39. The number of pyridine rings is 1. The van der Waals surface area contributed by atoms with Gasteiger partial charge in [-0.3, -0.25) is 9.78 Å². The fourth-order valence-electron chi connectivity index (χ4n) is 3.33. The van der Waals surface area contributed by atoms with Crippen LogP contribution in [0.25, 0.3) is 10.9 Å². The second kappa shape index (κ2) is 5.33. The zero-order valence-electron chi connectivity index (χ0n) is 11.6. The standard InChI is InChI=1S/C17H20N2O/c18-12-17(9-2-1-3-10-17)16(20)14-8-4-6-13-7-5-11-19-15(13)14/h4-8,11H,1-3,9-10,12,18H2. The van der Waals surface area contributed by atoms with Crippen LogP contribution in [0.3, 0.4) is 0 Å². The van der Waals surface area contributed by atoms with Crippen molar-refractivity contribution < 1.29 is 4.79 Å². The number of ketones is 1. The lowest BCUT2D eigenvalue weighted by molar-refractivity contribution is 0.0731. The van der Waals surface area contributed by atoms with Gasteiger partial charge in [0, 0.05) is 29.1 Å². The fourth-order valence-corrected chi connectivity index (χ4v) is 3.33. The van der Waals surface area contributed by atoms with E-state index in [2.05, 4.69) is 4.98 Å². The molecule has 0 aliphatic heterocycles. The van der Waals surface area contributed by atoms with Crippen LogP contribution in [-0.2, 0) is 0 Å². The lowest BCUT2D eigenvalue weighted by Crippen LogP contribution is -2.40. The van der Waals surface area contributed by atoms with Gasteiger partial charge in [0.1, 0.15) is 0 Å². The second-order valence-electron chi connectivity index (χ2n) is 5.75. The number of nitrogens with zero attached hydrogens (tertiary/aromatic N) is 1. The highest BCUT2D eigenvalue weighted by Crippen LogP contribution is 2.39. The number of fused-ring (bicyclic) bond motifs is 1. The number of carbonyl (C=O) groups excluding carboxylic acids is 1. The van der Waals surface area contributed by atoms with Gasteiger partial charge >= 0.3 is 0 Å². The summed E-state index contributed by atoms with van der Waals surface area (Å²) in [7, 11) is 0. The largest absolute Gasteiger partial charge is 0.329 e. The summed E-state index contributed by atoms with van der Waals surface area (Å²) in [6, 6.07) is 9.72. The normalized spacial score (nSPS) is 18.1. The monoisotopic (exact) mass is 268 g/mol.